The smallest absolute Gasteiger partial charge is 0.202 e. The van der Waals surface area contributed by atoms with Crippen molar-refractivity contribution in [2.24, 2.45) is 0 Å². The molecule has 0 amide bonds. The number of hydrogen-bond donors (Lipinski definition) is 2. The molecule has 0 saturated carbocycles. The average Bonchev–Trinajstić information content (AvgIpc) is 2.69. The molecular formula is C22H24O5. The molecule has 142 valence electrons. The maximum Gasteiger partial charge on any atom is 0.202 e. The molecule has 2 N–H and O–H groups in total. The fraction of sp³-hybridized carbons (Fsp3) is 0.364. The number of hydrogen-bond acceptors (Lipinski definition) is 5. The Labute approximate surface area is 159 Å². The number of benzene rings is 2. The molecule has 1 heterocycles. The van der Waals surface area contributed by atoms with Crippen LogP contribution in [0.5, 0.6) is 11.5 Å². The summed E-state index contributed by atoms with van der Waals surface area (Å²) in [6.07, 6.45) is 5.35. The molecule has 1 aliphatic heterocycles. The molecule has 0 spiro atoms. The molecule has 2 aromatic carbocycles. The van der Waals surface area contributed by atoms with Gasteiger partial charge in [0.2, 0.25) is 6.29 Å². The first-order chi connectivity index (χ1) is 13.1. The second-order valence-electron chi connectivity index (χ2n) is 6.60. The second-order valence-corrected chi connectivity index (χ2v) is 6.60. The average molecular weight is 368 g/mol. The van der Waals surface area contributed by atoms with Gasteiger partial charge in [-0.2, -0.15) is 0 Å². The highest BCUT2D eigenvalue weighted by Crippen LogP contribution is 2.28. The summed E-state index contributed by atoms with van der Waals surface area (Å²) in [5, 5.41) is 19.3. The van der Waals surface area contributed by atoms with E-state index in [0.717, 1.165) is 22.4 Å². The fourth-order valence-corrected chi connectivity index (χ4v) is 3.17. The SMILES string of the molecule is C#Cc1ccc(OC2CC(O)CC(CO)O2)c(Cc2ccc(OC)cc2)c1. The van der Waals surface area contributed by atoms with Crippen LogP contribution in [0.15, 0.2) is 42.5 Å². The molecule has 1 fully saturated rings. The van der Waals surface area contributed by atoms with Crippen molar-refractivity contribution in [3.63, 3.8) is 0 Å². The Bertz CT molecular complexity index is 793. The van der Waals surface area contributed by atoms with Crippen LogP contribution in [0.3, 0.4) is 0 Å². The van der Waals surface area contributed by atoms with Gasteiger partial charge in [-0.15, -0.1) is 6.42 Å². The summed E-state index contributed by atoms with van der Waals surface area (Å²) in [6, 6.07) is 13.4. The molecule has 0 aromatic heterocycles. The number of ether oxygens (including phenoxy) is 3. The Hall–Kier alpha value is -2.52. The Balaban J connectivity index is 1.81. The molecule has 3 rings (SSSR count). The van der Waals surface area contributed by atoms with Gasteiger partial charge in [-0.3, -0.25) is 0 Å². The number of methoxy groups -OCH3 is 1. The minimum atomic E-state index is -0.614. The molecule has 1 aliphatic rings. The van der Waals surface area contributed by atoms with Crippen LogP contribution in [-0.2, 0) is 11.2 Å². The molecule has 5 heteroatoms. The molecule has 5 nitrogen and oxygen atoms in total. The van der Waals surface area contributed by atoms with Crippen molar-refractivity contribution in [1.82, 2.24) is 0 Å². The summed E-state index contributed by atoms with van der Waals surface area (Å²) >= 11 is 0. The van der Waals surface area contributed by atoms with Crippen LogP contribution >= 0.6 is 0 Å². The zero-order valence-corrected chi connectivity index (χ0v) is 15.3. The van der Waals surface area contributed by atoms with E-state index in [4.69, 9.17) is 20.6 Å². The molecule has 0 radical (unpaired) electrons. The van der Waals surface area contributed by atoms with Gasteiger partial charge in [0.05, 0.1) is 25.9 Å². The lowest BCUT2D eigenvalue weighted by molar-refractivity contribution is -0.184. The lowest BCUT2D eigenvalue weighted by Crippen LogP contribution is -2.40. The van der Waals surface area contributed by atoms with Gasteiger partial charge in [-0.1, -0.05) is 18.1 Å². The molecule has 2 aromatic rings. The van der Waals surface area contributed by atoms with E-state index in [9.17, 15) is 10.2 Å². The quantitative estimate of drug-likeness (QED) is 0.767. The predicted molar refractivity (Wildman–Crippen MR) is 102 cm³/mol. The van der Waals surface area contributed by atoms with Crippen molar-refractivity contribution >= 4 is 0 Å². The summed E-state index contributed by atoms with van der Waals surface area (Å²) in [5.74, 6) is 4.10. The second kappa shape index (κ2) is 8.92. The highest BCUT2D eigenvalue weighted by atomic mass is 16.7. The zero-order chi connectivity index (χ0) is 19.2. The molecule has 3 atom stereocenters. The van der Waals surface area contributed by atoms with Gasteiger partial charge in [-0.25, -0.2) is 0 Å². The summed E-state index contributed by atoms with van der Waals surface area (Å²) in [4.78, 5) is 0. The minimum absolute atomic E-state index is 0.147. The lowest BCUT2D eigenvalue weighted by Gasteiger charge is -2.32. The Morgan fingerprint density at radius 3 is 2.63 bits per heavy atom. The monoisotopic (exact) mass is 368 g/mol. The number of aliphatic hydroxyl groups excluding tert-OH is 2. The largest absolute Gasteiger partial charge is 0.497 e. The first kappa shape index (κ1) is 19.2. The summed E-state index contributed by atoms with van der Waals surface area (Å²) in [7, 11) is 1.63. The van der Waals surface area contributed by atoms with Crippen LogP contribution in [0.1, 0.15) is 29.5 Å². The number of aliphatic hydroxyl groups is 2. The van der Waals surface area contributed by atoms with Gasteiger partial charge in [0, 0.05) is 24.8 Å². The first-order valence-corrected chi connectivity index (χ1v) is 8.94. The van der Waals surface area contributed by atoms with Crippen LogP contribution in [0.2, 0.25) is 0 Å². The van der Waals surface area contributed by atoms with E-state index in [1.807, 2.05) is 42.5 Å². The molecule has 3 unspecified atom stereocenters. The molecule has 27 heavy (non-hydrogen) atoms. The van der Waals surface area contributed by atoms with Crippen molar-refractivity contribution in [3.05, 3.63) is 59.2 Å². The predicted octanol–water partition coefficient (Wildman–Crippen LogP) is 2.50. The van der Waals surface area contributed by atoms with Crippen LogP contribution in [0.4, 0.5) is 0 Å². The van der Waals surface area contributed by atoms with Crippen LogP contribution < -0.4 is 9.47 Å². The summed E-state index contributed by atoms with van der Waals surface area (Å²) in [5.41, 5.74) is 2.79. The third-order valence-corrected chi connectivity index (χ3v) is 4.59. The fourth-order valence-electron chi connectivity index (χ4n) is 3.17. The molecular weight excluding hydrogens is 344 g/mol. The van der Waals surface area contributed by atoms with E-state index in [1.54, 1.807) is 7.11 Å². The Morgan fingerprint density at radius 2 is 1.96 bits per heavy atom. The van der Waals surface area contributed by atoms with E-state index in [0.29, 0.717) is 25.0 Å². The van der Waals surface area contributed by atoms with E-state index in [2.05, 4.69) is 5.92 Å². The highest BCUT2D eigenvalue weighted by Gasteiger charge is 2.29. The van der Waals surface area contributed by atoms with E-state index in [-0.39, 0.29) is 6.61 Å². The van der Waals surface area contributed by atoms with Gasteiger partial charge in [-0.05, 0) is 41.5 Å². The summed E-state index contributed by atoms with van der Waals surface area (Å²) in [6.45, 7) is -0.147. The Morgan fingerprint density at radius 1 is 1.19 bits per heavy atom. The third-order valence-electron chi connectivity index (χ3n) is 4.59. The topological polar surface area (TPSA) is 68.2 Å². The summed E-state index contributed by atoms with van der Waals surface area (Å²) < 4.78 is 16.9. The molecule has 0 bridgehead atoms. The maximum absolute atomic E-state index is 9.99. The first-order valence-electron chi connectivity index (χ1n) is 8.94. The van der Waals surface area contributed by atoms with Crippen molar-refractivity contribution in [2.75, 3.05) is 13.7 Å². The van der Waals surface area contributed by atoms with Crippen molar-refractivity contribution in [1.29, 1.82) is 0 Å². The molecule has 0 aliphatic carbocycles. The maximum atomic E-state index is 9.99. The zero-order valence-electron chi connectivity index (χ0n) is 15.3. The Kier molecular flexibility index (Phi) is 6.36. The minimum Gasteiger partial charge on any atom is -0.497 e. The highest BCUT2D eigenvalue weighted by molar-refractivity contribution is 5.46. The van der Waals surface area contributed by atoms with Gasteiger partial charge >= 0.3 is 0 Å². The van der Waals surface area contributed by atoms with Crippen LogP contribution in [-0.4, -0.2) is 42.4 Å². The van der Waals surface area contributed by atoms with Gasteiger partial charge in [0.1, 0.15) is 11.5 Å². The van der Waals surface area contributed by atoms with Gasteiger partial charge in [0.15, 0.2) is 0 Å². The number of rotatable bonds is 6. The van der Waals surface area contributed by atoms with E-state index < -0.39 is 18.5 Å². The third kappa shape index (κ3) is 5.01. The standard InChI is InChI=1S/C22H24O5/c1-3-15-6-9-21(27-22-13-18(24)12-20(14-23)26-22)17(10-15)11-16-4-7-19(25-2)8-5-16/h1,4-10,18,20,22-24H,11-14H2,2H3. The van der Waals surface area contributed by atoms with Gasteiger partial charge in [0.25, 0.3) is 0 Å². The molecule has 1 saturated heterocycles. The van der Waals surface area contributed by atoms with Crippen molar-refractivity contribution in [2.45, 2.75) is 37.8 Å². The van der Waals surface area contributed by atoms with Crippen molar-refractivity contribution < 1.29 is 24.4 Å². The van der Waals surface area contributed by atoms with Crippen LogP contribution in [0, 0.1) is 12.3 Å². The van der Waals surface area contributed by atoms with Crippen molar-refractivity contribution in [3.8, 4) is 23.8 Å². The number of terminal acetylenes is 1. The lowest BCUT2D eigenvalue weighted by atomic mass is 10.0. The van der Waals surface area contributed by atoms with E-state index >= 15 is 0 Å². The van der Waals surface area contributed by atoms with E-state index in [1.165, 1.54) is 0 Å². The normalized spacial score (nSPS) is 22.1. The van der Waals surface area contributed by atoms with Gasteiger partial charge < -0.3 is 24.4 Å². The van der Waals surface area contributed by atoms with Crippen LogP contribution in [0.25, 0.3) is 0 Å².